The second kappa shape index (κ2) is 6.42. The van der Waals surface area contributed by atoms with Crippen LogP contribution in [-0.4, -0.2) is 23.8 Å². The summed E-state index contributed by atoms with van der Waals surface area (Å²) in [5.41, 5.74) is -1.23. The summed E-state index contributed by atoms with van der Waals surface area (Å²) in [6, 6.07) is 3.43. The van der Waals surface area contributed by atoms with Gasteiger partial charge in [0.05, 0.1) is 23.9 Å². The molecule has 0 saturated carbocycles. The number of carbonyl (C=O) groups is 1. The summed E-state index contributed by atoms with van der Waals surface area (Å²) < 4.78 is 38.0. The highest BCUT2D eigenvalue weighted by molar-refractivity contribution is 5.90. The van der Waals surface area contributed by atoms with Crippen LogP contribution >= 0.6 is 0 Å². The molecule has 0 heterocycles. The van der Waals surface area contributed by atoms with Gasteiger partial charge >= 0.3 is 12.2 Å². The molecule has 4 nitrogen and oxygen atoms in total. The zero-order chi connectivity index (χ0) is 14.5. The van der Waals surface area contributed by atoms with Crippen LogP contribution in [0.2, 0.25) is 0 Å². The van der Waals surface area contributed by atoms with Crippen molar-refractivity contribution in [3.63, 3.8) is 0 Å². The predicted molar refractivity (Wildman–Crippen MR) is 64.8 cm³/mol. The molecule has 1 atom stereocenters. The lowest BCUT2D eigenvalue weighted by Crippen LogP contribution is -2.40. The molecule has 7 heteroatoms. The number of hydrogen-bond acceptors (Lipinski definition) is 2. The topological polar surface area (TPSA) is 61.4 Å². The molecule has 0 radical (unpaired) electrons. The molecule has 1 aromatic carbocycles. The molecule has 0 aliphatic carbocycles. The number of hydrogen-bond donors (Lipinski definition) is 3. The van der Waals surface area contributed by atoms with E-state index in [1.165, 1.54) is 18.2 Å². The van der Waals surface area contributed by atoms with E-state index in [0.29, 0.717) is 6.42 Å². The Hall–Kier alpha value is -1.76. The number of aliphatic hydroxyl groups is 1. The van der Waals surface area contributed by atoms with Gasteiger partial charge < -0.3 is 15.7 Å². The van der Waals surface area contributed by atoms with Gasteiger partial charge in [0.15, 0.2) is 0 Å². The Labute approximate surface area is 108 Å². The van der Waals surface area contributed by atoms with Gasteiger partial charge in [0.2, 0.25) is 0 Å². The first-order valence-corrected chi connectivity index (χ1v) is 5.73. The number of amides is 2. The van der Waals surface area contributed by atoms with Crippen molar-refractivity contribution in [3.05, 3.63) is 29.8 Å². The van der Waals surface area contributed by atoms with Gasteiger partial charge in [0.25, 0.3) is 0 Å². The van der Waals surface area contributed by atoms with Crippen LogP contribution in [0.1, 0.15) is 18.9 Å². The highest BCUT2D eigenvalue weighted by atomic mass is 19.4. The highest BCUT2D eigenvalue weighted by Crippen LogP contribution is 2.34. The van der Waals surface area contributed by atoms with Crippen LogP contribution in [0.25, 0.3) is 0 Å². The van der Waals surface area contributed by atoms with Crippen molar-refractivity contribution >= 4 is 11.7 Å². The van der Waals surface area contributed by atoms with E-state index < -0.39 is 23.8 Å². The number of aliphatic hydroxyl groups excluding tert-OH is 1. The first-order chi connectivity index (χ1) is 8.88. The van der Waals surface area contributed by atoms with Gasteiger partial charge in [-0.25, -0.2) is 4.79 Å². The molecular weight excluding hydrogens is 261 g/mol. The van der Waals surface area contributed by atoms with Crippen LogP contribution in [0.3, 0.4) is 0 Å². The Morgan fingerprint density at radius 1 is 1.37 bits per heavy atom. The van der Waals surface area contributed by atoms with Crippen LogP contribution in [0.15, 0.2) is 24.3 Å². The quantitative estimate of drug-likeness (QED) is 0.791. The molecule has 0 bridgehead atoms. The Bertz CT molecular complexity index is 431. The summed E-state index contributed by atoms with van der Waals surface area (Å²) in [4.78, 5) is 11.5. The number of halogens is 3. The third-order valence-electron chi connectivity index (χ3n) is 2.53. The number of alkyl halides is 3. The molecule has 0 aromatic heterocycles. The summed E-state index contributed by atoms with van der Waals surface area (Å²) in [5.74, 6) is 0. The Morgan fingerprint density at radius 3 is 2.53 bits per heavy atom. The third kappa shape index (κ3) is 4.44. The van der Waals surface area contributed by atoms with Crippen LogP contribution in [0.4, 0.5) is 23.7 Å². The fourth-order valence-electron chi connectivity index (χ4n) is 1.46. The van der Waals surface area contributed by atoms with E-state index >= 15 is 0 Å². The number of para-hydroxylation sites is 1. The second-order valence-electron chi connectivity index (χ2n) is 3.93. The third-order valence-corrected chi connectivity index (χ3v) is 2.53. The SMILES string of the molecule is CC[C@@H](CO)NC(=O)Nc1ccccc1C(F)(F)F. The van der Waals surface area contributed by atoms with Crippen molar-refractivity contribution in [3.8, 4) is 0 Å². The predicted octanol–water partition coefficient (Wildman–Crippen LogP) is 2.60. The Balaban J connectivity index is 2.80. The minimum atomic E-state index is -4.54. The van der Waals surface area contributed by atoms with E-state index in [1.54, 1.807) is 6.92 Å². The van der Waals surface area contributed by atoms with Gasteiger partial charge in [-0.05, 0) is 18.6 Å². The van der Waals surface area contributed by atoms with E-state index in [2.05, 4.69) is 10.6 Å². The van der Waals surface area contributed by atoms with Crippen LogP contribution < -0.4 is 10.6 Å². The number of anilines is 1. The first kappa shape index (κ1) is 15.3. The molecule has 0 aliphatic heterocycles. The normalized spacial score (nSPS) is 12.9. The molecule has 1 rings (SSSR count). The molecule has 1 aromatic rings. The number of benzene rings is 1. The fraction of sp³-hybridized carbons (Fsp3) is 0.417. The van der Waals surface area contributed by atoms with E-state index in [9.17, 15) is 18.0 Å². The lowest BCUT2D eigenvalue weighted by atomic mass is 10.1. The van der Waals surface area contributed by atoms with E-state index in [-0.39, 0.29) is 12.3 Å². The molecule has 0 fully saturated rings. The van der Waals surface area contributed by atoms with Crippen LogP contribution in [0.5, 0.6) is 0 Å². The van der Waals surface area contributed by atoms with Gasteiger partial charge in [-0.15, -0.1) is 0 Å². The zero-order valence-corrected chi connectivity index (χ0v) is 10.3. The minimum Gasteiger partial charge on any atom is -0.394 e. The molecular formula is C12H15F3N2O2. The Kier molecular flexibility index (Phi) is 5.17. The molecule has 106 valence electrons. The molecule has 3 N–H and O–H groups in total. The van der Waals surface area contributed by atoms with Gasteiger partial charge in [-0.2, -0.15) is 13.2 Å². The smallest absolute Gasteiger partial charge is 0.394 e. The first-order valence-electron chi connectivity index (χ1n) is 5.73. The second-order valence-corrected chi connectivity index (χ2v) is 3.93. The standard InChI is InChI=1S/C12H15F3N2O2/c1-2-8(7-18)16-11(19)17-10-6-4-3-5-9(10)12(13,14)15/h3-6,8,18H,2,7H2,1H3,(H2,16,17,19)/t8-/m0/s1. The fourth-order valence-corrected chi connectivity index (χ4v) is 1.46. The monoisotopic (exact) mass is 276 g/mol. The Morgan fingerprint density at radius 2 is 2.00 bits per heavy atom. The summed E-state index contributed by atoms with van der Waals surface area (Å²) >= 11 is 0. The lowest BCUT2D eigenvalue weighted by molar-refractivity contribution is -0.136. The maximum Gasteiger partial charge on any atom is 0.418 e. The summed E-state index contributed by atoms with van der Waals surface area (Å²) in [6.45, 7) is 1.47. The number of nitrogens with one attached hydrogen (secondary N) is 2. The minimum absolute atomic E-state index is 0.273. The van der Waals surface area contributed by atoms with Crippen molar-refractivity contribution in [2.45, 2.75) is 25.6 Å². The maximum absolute atomic E-state index is 12.7. The molecule has 0 unspecified atom stereocenters. The van der Waals surface area contributed by atoms with Crippen molar-refractivity contribution in [1.29, 1.82) is 0 Å². The van der Waals surface area contributed by atoms with Gasteiger partial charge in [-0.1, -0.05) is 19.1 Å². The van der Waals surface area contributed by atoms with E-state index in [1.807, 2.05) is 0 Å². The highest BCUT2D eigenvalue weighted by Gasteiger charge is 2.33. The van der Waals surface area contributed by atoms with Crippen molar-refractivity contribution in [2.75, 3.05) is 11.9 Å². The number of carbonyl (C=O) groups excluding carboxylic acids is 1. The summed E-state index contributed by atoms with van der Waals surface area (Å²) in [6.07, 6.45) is -4.06. The molecule has 19 heavy (non-hydrogen) atoms. The van der Waals surface area contributed by atoms with Crippen LogP contribution in [0, 0.1) is 0 Å². The molecule has 0 aliphatic rings. The van der Waals surface area contributed by atoms with Crippen molar-refractivity contribution in [2.24, 2.45) is 0 Å². The maximum atomic E-state index is 12.7. The van der Waals surface area contributed by atoms with Crippen molar-refractivity contribution < 1.29 is 23.1 Å². The number of rotatable bonds is 4. The number of urea groups is 1. The molecule has 0 saturated heterocycles. The largest absolute Gasteiger partial charge is 0.418 e. The summed E-state index contributed by atoms with van der Waals surface area (Å²) in [7, 11) is 0. The lowest BCUT2D eigenvalue weighted by Gasteiger charge is -2.17. The van der Waals surface area contributed by atoms with Crippen LogP contribution in [-0.2, 0) is 6.18 Å². The average molecular weight is 276 g/mol. The van der Waals surface area contributed by atoms with Gasteiger partial charge in [0.1, 0.15) is 0 Å². The summed E-state index contributed by atoms with van der Waals surface area (Å²) in [5, 5.41) is 13.4. The van der Waals surface area contributed by atoms with Gasteiger partial charge in [0, 0.05) is 0 Å². The van der Waals surface area contributed by atoms with E-state index in [4.69, 9.17) is 5.11 Å². The van der Waals surface area contributed by atoms with Crippen molar-refractivity contribution in [1.82, 2.24) is 5.32 Å². The molecule has 0 spiro atoms. The van der Waals surface area contributed by atoms with Gasteiger partial charge in [-0.3, -0.25) is 0 Å². The average Bonchev–Trinajstić information content (AvgIpc) is 2.35. The zero-order valence-electron chi connectivity index (χ0n) is 10.3. The molecule has 2 amide bonds. The van der Waals surface area contributed by atoms with E-state index in [0.717, 1.165) is 6.07 Å².